The van der Waals surface area contributed by atoms with Gasteiger partial charge >= 0.3 is 0 Å². The molecule has 1 aliphatic carbocycles. The number of ether oxygens (including phenoxy) is 1. The molecule has 0 radical (unpaired) electrons. The normalized spacial score (nSPS) is 18.6. The Morgan fingerprint density at radius 1 is 0.865 bits per heavy atom. The van der Waals surface area contributed by atoms with E-state index in [1.807, 2.05) is 36.4 Å². The molecule has 2 heterocycles. The molecule has 0 bridgehead atoms. The Labute approximate surface area is 212 Å². The van der Waals surface area contributed by atoms with Crippen molar-refractivity contribution in [3.05, 3.63) is 130 Å². The van der Waals surface area contributed by atoms with Gasteiger partial charge in [-0.1, -0.05) is 59.8 Å². The summed E-state index contributed by atoms with van der Waals surface area (Å²) in [4.78, 5) is 4.64. The van der Waals surface area contributed by atoms with Gasteiger partial charge in [0.15, 0.2) is 0 Å². The van der Waals surface area contributed by atoms with Gasteiger partial charge in [0.2, 0.25) is 11.7 Å². The van der Waals surface area contributed by atoms with Crippen LogP contribution in [0.25, 0.3) is 23.0 Å². The molecule has 1 aliphatic heterocycles. The highest BCUT2D eigenvalue weighted by Gasteiger charge is 2.38. The zero-order valence-corrected chi connectivity index (χ0v) is 19.8. The molecule has 1 atom stereocenters. The summed E-state index contributed by atoms with van der Waals surface area (Å²) in [7, 11) is 0. The van der Waals surface area contributed by atoms with Gasteiger partial charge in [0, 0.05) is 11.5 Å². The van der Waals surface area contributed by atoms with Crippen LogP contribution in [-0.4, -0.2) is 10.1 Å². The van der Waals surface area contributed by atoms with E-state index < -0.39 is 0 Å². The third-order valence-corrected chi connectivity index (χ3v) is 6.69. The van der Waals surface area contributed by atoms with Crippen LogP contribution in [0.5, 0.6) is 0 Å². The first-order valence-electron chi connectivity index (χ1n) is 12.1. The molecule has 1 unspecified atom stereocenters. The Kier molecular flexibility index (Phi) is 5.88. The van der Waals surface area contributed by atoms with E-state index in [9.17, 15) is 8.78 Å². The Hall–Kier alpha value is -4.52. The van der Waals surface area contributed by atoms with Crippen LogP contribution in [0.4, 0.5) is 8.78 Å². The summed E-state index contributed by atoms with van der Waals surface area (Å²) in [5.41, 5.74) is 11.6. The second-order valence-electron chi connectivity index (χ2n) is 9.08. The topological polar surface area (TPSA) is 74.2 Å². The van der Waals surface area contributed by atoms with Crippen LogP contribution in [0, 0.1) is 11.6 Å². The molecule has 6 rings (SSSR count). The zero-order valence-electron chi connectivity index (χ0n) is 19.8. The highest BCUT2D eigenvalue weighted by Crippen LogP contribution is 2.50. The van der Waals surface area contributed by atoms with Crippen molar-refractivity contribution in [3.63, 3.8) is 0 Å². The lowest BCUT2D eigenvalue weighted by Crippen LogP contribution is -2.24. The van der Waals surface area contributed by atoms with Gasteiger partial charge in [0.1, 0.15) is 17.4 Å². The van der Waals surface area contributed by atoms with E-state index in [-0.39, 0.29) is 29.3 Å². The molecule has 0 saturated carbocycles. The lowest BCUT2D eigenvalue weighted by atomic mass is 9.76. The standard InChI is InChI=1S/C30H23F2N3O2/c31-22-13-9-18(10-14-22)17-21-7-4-8-24-25(19-11-15-23(32)16-12-19)26(28(33)36-27(21)24)30-34-29(35-37-30)20-5-2-1-3-6-20/h1-3,5-6,9-17,25H,4,7-8,33H2/b21-17+. The molecule has 184 valence electrons. The number of hydrogen-bond acceptors (Lipinski definition) is 5. The predicted molar refractivity (Wildman–Crippen MR) is 136 cm³/mol. The number of allylic oxidation sites excluding steroid dienone is 3. The fourth-order valence-corrected chi connectivity index (χ4v) is 4.98. The molecule has 7 heteroatoms. The number of nitrogens with zero attached hydrogens (tertiary/aromatic N) is 2. The van der Waals surface area contributed by atoms with E-state index >= 15 is 0 Å². The van der Waals surface area contributed by atoms with E-state index in [0.29, 0.717) is 17.2 Å². The number of benzene rings is 3. The van der Waals surface area contributed by atoms with Gasteiger partial charge in [-0.15, -0.1) is 0 Å². The van der Waals surface area contributed by atoms with Crippen LogP contribution >= 0.6 is 0 Å². The van der Waals surface area contributed by atoms with Crippen molar-refractivity contribution in [2.75, 3.05) is 0 Å². The lowest BCUT2D eigenvalue weighted by molar-refractivity contribution is 0.282. The van der Waals surface area contributed by atoms with Crippen molar-refractivity contribution >= 4 is 11.6 Å². The zero-order chi connectivity index (χ0) is 25.4. The summed E-state index contributed by atoms with van der Waals surface area (Å²) in [5.74, 6) is 0.568. The minimum Gasteiger partial charge on any atom is -0.441 e. The Bertz CT molecular complexity index is 1540. The van der Waals surface area contributed by atoms with E-state index in [1.165, 1.54) is 24.3 Å². The van der Waals surface area contributed by atoms with Crippen molar-refractivity contribution in [3.8, 4) is 11.4 Å². The second-order valence-corrected chi connectivity index (χ2v) is 9.08. The molecule has 5 nitrogen and oxygen atoms in total. The maximum absolute atomic E-state index is 13.9. The minimum absolute atomic E-state index is 0.156. The predicted octanol–water partition coefficient (Wildman–Crippen LogP) is 6.98. The van der Waals surface area contributed by atoms with Crippen LogP contribution in [-0.2, 0) is 4.74 Å². The second kappa shape index (κ2) is 9.50. The molecule has 37 heavy (non-hydrogen) atoms. The molecule has 0 saturated heterocycles. The maximum atomic E-state index is 13.9. The van der Waals surface area contributed by atoms with Crippen molar-refractivity contribution in [1.82, 2.24) is 10.1 Å². The average Bonchev–Trinajstić information content (AvgIpc) is 3.41. The summed E-state index contributed by atoms with van der Waals surface area (Å²) >= 11 is 0. The number of hydrogen-bond donors (Lipinski definition) is 1. The molecule has 4 aromatic rings. The van der Waals surface area contributed by atoms with Gasteiger partial charge < -0.3 is 15.0 Å². The fourth-order valence-electron chi connectivity index (χ4n) is 4.98. The maximum Gasteiger partial charge on any atom is 0.260 e. The van der Waals surface area contributed by atoms with Crippen LogP contribution in [0.2, 0.25) is 0 Å². The summed E-state index contributed by atoms with van der Waals surface area (Å²) < 4.78 is 39.2. The van der Waals surface area contributed by atoms with Crippen LogP contribution in [0.3, 0.4) is 0 Å². The number of aromatic nitrogens is 2. The highest BCUT2D eigenvalue weighted by atomic mass is 19.1. The van der Waals surface area contributed by atoms with E-state index in [1.54, 1.807) is 24.3 Å². The van der Waals surface area contributed by atoms with Crippen molar-refractivity contribution in [2.24, 2.45) is 5.73 Å². The van der Waals surface area contributed by atoms with E-state index in [0.717, 1.165) is 47.1 Å². The molecule has 1 aromatic heterocycles. The van der Waals surface area contributed by atoms with Crippen molar-refractivity contribution in [1.29, 1.82) is 0 Å². The Morgan fingerprint density at radius 2 is 1.57 bits per heavy atom. The quantitative estimate of drug-likeness (QED) is 0.331. The largest absolute Gasteiger partial charge is 0.441 e. The Morgan fingerprint density at radius 3 is 2.30 bits per heavy atom. The number of nitrogens with two attached hydrogens (primary N) is 1. The first-order chi connectivity index (χ1) is 18.1. The van der Waals surface area contributed by atoms with Gasteiger partial charge in [-0.05, 0) is 71.9 Å². The van der Waals surface area contributed by atoms with Gasteiger partial charge in [0.05, 0.1) is 5.57 Å². The first kappa shape index (κ1) is 22.9. The highest BCUT2D eigenvalue weighted by molar-refractivity contribution is 5.76. The molecule has 0 fully saturated rings. The SMILES string of the molecule is NC1=C(c2nc(-c3ccccc3)no2)C(c2ccc(F)cc2)C2=C(O1)/C(=C/c1ccc(F)cc1)CCC2. The number of halogens is 2. The smallest absolute Gasteiger partial charge is 0.260 e. The third-order valence-electron chi connectivity index (χ3n) is 6.69. The molecule has 2 aliphatic rings. The Balaban J connectivity index is 1.47. The van der Waals surface area contributed by atoms with E-state index in [2.05, 4.69) is 10.1 Å². The van der Waals surface area contributed by atoms with Crippen molar-refractivity contribution in [2.45, 2.75) is 25.2 Å². The van der Waals surface area contributed by atoms with Crippen molar-refractivity contribution < 1.29 is 18.0 Å². The monoisotopic (exact) mass is 495 g/mol. The number of rotatable bonds is 4. The van der Waals surface area contributed by atoms with Crippen LogP contribution < -0.4 is 5.73 Å². The molecular weight excluding hydrogens is 472 g/mol. The third kappa shape index (κ3) is 4.44. The van der Waals surface area contributed by atoms with Gasteiger partial charge in [-0.25, -0.2) is 8.78 Å². The molecule has 3 aromatic carbocycles. The molecule has 0 spiro atoms. The van der Waals surface area contributed by atoms with Crippen LogP contribution in [0.1, 0.15) is 42.2 Å². The fraction of sp³-hybridized carbons (Fsp3) is 0.133. The molecular formula is C30H23F2N3O2. The lowest BCUT2D eigenvalue weighted by Gasteiger charge is -2.34. The minimum atomic E-state index is -0.356. The summed E-state index contributed by atoms with van der Waals surface area (Å²) in [6.45, 7) is 0. The summed E-state index contributed by atoms with van der Waals surface area (Å²) in [6, 6.07) is 22.2. The first-order valence-corrected chi connectivity index (χ1v) is 12.1. The molecule has 0 amide bonds. The summed E-state index contributed by atoms with van der Waals surface area (Å²) in [5, 5.41) is 4.17. The summed E-state index contributed by atoms with van der Waals surface area (Å²) in [6.07, 6.45) is 4.43. The van der Waals surface area contributed by atoms with Gasteiger partial charge in [-0.3, -0.25) is 0 Å². The average molecular weight is 496 g/mol. The van der Waals surface area contributed by atoms with Crippen LogP contribution in [0.15, 0.2) is 106 Å². The van der Waals surface area contributed by atoms with Gasteiger partial charge in [0.25, 0.3) is 5.89 Å². The van der Waals surface area contributed by atoms with E-state index in [4.69, 9.17) is 15.0 Å². The van der Waals surface area contributed by atoms with Gasteiger partial charge in [-0.2, -0.15) is 4.98 Å². The molecule has 2 N–H and O–H groups in total.